The quantitative estimate of drug-likeness (QED) is 0.577. The highest BCUT2D eigenvalue weighted by molar-refractivity contribution is 7.89. The highest BCUT2D eigenvalue weighted by atomic mass is 32.2. The van der Waals surface area contributed by atoms with E-state index in [4.69, 9.17) is 0 Å². The molecule has 2 aromatic carbocycles. The summed E-state index contributed by atoms with van der Waals surface area (Å²) in [6.45, 7) is 2.48. The molecule has 30 heavy (non-hydrogen) atoms. The van der Waals surface area contributed by atoms with Crippen LogP contribution < -0.4 is 4.90 Å². The SMILES string of the molecule is Cc1ccc(S(=O)(=O)N2CCCC[C@@H]2c2cccnc2N(C)c2ccccc2)cc1. The van der Waals surface area contributed by atoms with E-state index in [1.165, 1.54) is 0 Å². The Labute approximate surface area is 179 Å². The normalized spacial score (nSPS) is 17.6. The zero-order valence-corrected chi connectivity index (χ0v) is 18.2. The van der Waals surface area contributed by atoms with Crippen LogP contribution in [-0.2, 0) is 10.0 Å². The minimum absolute atomic E-state index is 0.236. The van der Waals surface area contributed by atoms with Gasteiger partial charge in [-0.15, -0.1) is 0 Å². The largest absolute Gasteiger partial charge is 0.329 e. The molecule has 1 aliphatic heterocycles. The summed E-state index contributed by atoms with van der Waals surface area (Å²) in [4.78, 5) is 7.01. The molecule has 5 nitrogen and oxygen atoms in total. The molecule has 2 heterocycles. The number of benzene rings is 2. The standard InChI is InChI=1S/C24H27N3O2S/c1-19-13-15-21(16-14-19)30(28,29)27-18-7-6-12-23(27)22-11-8-17-25-24(22)26(2)20-9-4-3-5-10-20/h3-5,8-11,13-17,23H,6-7,12,18H2,1-2H3/t23-/m1/s1. The van der Waals surface area contributed by atoms with Crippen molar-refractivity contribution >= 4 is 21.5 Å². The molecular formula is C24H27N3O2S. The molecule has 1 aliphatic rings. The van der Waals surface area contributed by atoms with Crippen LogP contribution in [0, 0.1) is 6.92 Å². The molecule has 0 bridgehead atoms. The van der Waals surface area contributed by atoms with Crippen molar-refractivity contribution in [3.05, 3.63) is 84.1 Å². The van der Waals surface area contributed by atoms with Crippen LogP contribution in [0.15, 0.2) is 77.8 Å². The Bertz CT molecular complexity index is 1100. The van der Waals surface area contributed by atoms with Crippen molar-refractivity contribution in [2.24, 2.45) is 0 Å². The first-order valence-electron chi connectivity index (χ1n) is 10.3. The van der Waals surface area contributed by atoms with Crippen LogP contribution in [0.25, 0.3) is 0 Å². The van der Waals surface area contributed by atoms with Gasteiger partial charge >= 0.3 is 0 Å². The van der Waals surface area contributed by atoms with Crippen LogP contribution in [0.1, 0.15) is 36.4 Å². The van der Waals surface area contributed by atoms with Gasteiger partial charge in [-0.05, 0) is 50.1 Å². The Hall–Kier alpha value is -2.70. The predicted molar refractivity (Wildman–Crippen MR) is 120 cm³/mol. The number of piperidine rings is 1. The summed E-state index contributed by atoms with van der Waals surface area (Å²) in [6.07, 6.45) is 4.41. The third-order valence-corrected chi connectivity index (χ3v) is 7.64. The minimum Gasteiger partial charge on any atom is -0.329 e. The Morgan fingerprint density at radius 1 is 0.967 bits per heavy atom. The number of aryl methyl sites for hydroxylation is 1. The van der Waals surface area contributed by atoms with Crippen molar-refractivity contribution < 1.29 is 8.42 Å². The number of aromatic nitrogens is 1. The predicted octanol–water partition coefficient (Wildman–Crippen LogP) is 5.07. The van der Waals surface area contributed by atoms with Crippen molar-refractivity contribution in [2.75, 3.05) is 18.5 Å². The molecule has 3 aromatic rings. The molecule has 0 unspecified atom stereocenters. The van der Waals surface area contributed by atoms with Crippen LogP contribution in [0.2, 0.25) is 0 Å². The average Bonchev–Trinajstić information content (AvgIpc) is 2.79. The van der Waals surface area contributed by atoms with Crippen molar-refractivity contribution in [1.29, 1.82) is 0 Å². The van der Waals surface area contributed by atoms with Crippen LogP contribution in [0.4, 0.5) is 11.5 Å². The number of hydrogen-bond acceptors (Lipinski definition) is 4. The lowest BCUT2D eigenvalue weighted by Gasteiger charge is -2.36. The fraction of sp³-hybridized carbons (Fsp3) is 0.292. The Balaban J connectivity index is 1.75. The first-order chi connectivity index (χ1) is 14.5. The monoisotopic (exact) mass is 421 g/mol. The molecule has 0 radical (unpaired) electrons. The molecule has 1 aromatic heterocycles. The number of nitrogens with zero attached hydrogens (tertiary/aromatic N) is 3. The zero-order chi connectivity index (χ0) is 21.1. The molecule has 0 amide bonds. The van der Waals surface area contributed by atoms with Crippen molar-refractivity contribution in [3.63, 3.8) is 0 Å². The fourth-order valence-electron chi connectivity index (χ4n) is 4.07. The second-order valence-electron chi connectivity index (χ2n) is 7.75. The van der Waals surface area contributed by atoms with E-state index in [2.05, 4.69) is 4.98 Å². The van der Waals surface area contributed by atoms with Crippen molar-refractivity contribution in [1.82, 2.24) is 9.29 Å². The third-order valence-electron chi connectivity index (χ3n) is 5.72. The van der Waals surface area contributed by atoms with Crippen molar-refractivity contribution in [3.8, 4) is 0 Å². The summed E-state index contributed by atoms with van der Waals surface area (Å²) in [5, 5.41) is 0. The molecule has 1 atom stereocenters. The molecule has 0 aliphatic carbocycles. The van der Waals surface area contributed by atoms with Gasteiger partial charge in [0.25, 0.3) is 0 Å². The third kappa shape index (κ3) is 3.98. The van der Waals surface area contributed by atoms with Gasteiger partial charge in [0.05, 0.1) is 10.9 Å². The summed E-state index contributed by atoms with van der Waals surface area (Å²) in [7, 11) is -1.62. The van der Waals surface area contributed by atoms with E-state index in [0.717, 1.165) is 41.9 Å². The number of sulfonamides is 1. The van der Waals surface area contributed by atoms with Gasteiger partial charge in [0.1, 0.15) is 5.82 Å². The molecule has 6 heteroatoms. The second-order valence-corrected chi connectivity index (χ2v) is 9.64. The molecule has 0 saturated carbocycles. The molecule has 4 rings (SSSR count). The van der Waals surface area contributed by atoms with Gasteiger partial charge in [0, 0.05) is 31.0 Å². The molecular weight excluding hydrogens is 394 g/mol. The number of pyridine rings is 1. The smallest absolute Gasteiger partial charge is 0.243 e. The number of hydrogen-bond donors (Lipinski definition) is 0. The van der Waals surface area contributed by atoms with E-state index in [1.807, 2.05) is 73.5 Å². The van der Waals surface area contributed by atoms with Crippen LogP contribution in [0.5, 0.6) is 0 Å². The molecule has 1 fully saturated rings. The summed E-state index contributed by atoms with van der Waals surface area (Å²) in [5.74, 6) is 0.791. The fourth-order valence-corrected chi connectivity index (χ4v) is 5.75. The van der Waals surface area contributed by atoms with E-state index in [-0.39, 0.29) is 6.04 Å². The van der Waals surface area contributed by atoms with Gasteiger partial charge < -0.3 is 4.90 Å². The second kappa shape index (κ2) is 8.58. The molecule has 0 spiro atoms. The maximum Gasteiger partial charge on any atom is 0.243 e. The van der Waals surface area contributed by atoms with Gasteiger partial charge in [-0.2, -0.15) is 4.31 Å². The number of para-hydroxylation sites is 1. The number of rotatable bonds is 5. The Morgan fingerprint density at radius 2 is 1.70 bits per heavy atom. The van der Waals surface area contributed by atoms with Crippen LogP contribution in [-0.4, -0.2) is 31.3 Å². The first-order valence-corrected chi connectivity index (χ1v) is 11.7. The van der Waals surface area contributed by atoms with E-state index in [0.29, 0.717) is 11.4 Å². The summed E-state index contributed by atoms with van der Waals surface area (Å²) < 4.78 is 28.7. The summed E-state index contributed by atoms with van der Waals surface area (Å²) in [6, 6.07) is 20.8. The summed E-state index contributed by atoms with van der Waals surface area (Å²) >= 11 is 0. The lowest BCUT2D eigenvalue weighted by molar-refractivity contribution is 0.256. The minimum atomic E-state index is -3.60. The van der Waals surface area contributed by atoms with Crippen molar-refractivity contribution in [2.45, 2.75) is 37.1 Å². The summed E-state index contributed by atoms with van der Waals surface area (Å²) in [5.41, 5.74) is 3.00. The molecule has 156 valence electrons. The highest BCUT2D eigenvalue weighted by Crippen LogP contribution is 2.39. The number of anilines is 2. The maximum atomic E-state index is 13.5. The highest BCUT2D eigenvalue weighted by Gasteiger charge is 2.36. The van der Waals surface area contributed by atoms with Gasteiger partial charge in [-0.25, -0.2) is 13.4 Å². The van der Waals surface area contributed by atoms with E-state index >= 15 is 0 Å². The van der Waals surface area contributed by atoms with E-state index < -0.39 is 10.0 Å². The van der Waals surface area contributed by atoms with Crippen LogP contribution >= 0.6 is 0 Å². The van der Waals surface area contributed by atoms with E-state index in [1.54, 1.807) is 22.6 Å². The van der Waals surface area contributed by atoms with Gasteiger partial charge in [0.2, 0.25) is 10.0 Å². The Kier molecular flexibility index (Phi) is 5.88. The van der Waals surface area contributed by atoms with E-state index in [9.17, 15) is 8.42 Å². The van der Waals surface area contributed by atoms with Gasteiger partial charge in [-0.3, -0.25) is 0 Å². The molecule has 0 N–H and O–H groups in total. The first kappa shape index (κ1) is 20.6. The van der Waals surface area contributed by atoms with Crippen LogP contribution in [0.3, 0.4) is 0 Å². The average molecular weight is 422 g/mol. The molecule has 1 saturated heterocycles. The lowest BCUT2D eigenvalue weighted by atomic mass is 9.97. The topological polar surface area (TPSA) is 53.5 Å². The van der Waals surface area contributed by atoms with Gasteiger partial charge in [0.15, 0.2) is 0 Å². The maximum absolute atomic E-state index is 13.5. The lowest BCUT2D eigenvalue weighted by Crippen LogP contribution is -2.39. The van der Waals surface area contributed by atoms with Gasteiger partial charge in [-0.1, -0.05) is 48.4 Å². The Morgan fingerprint density at radius 3 is 2.43 bits per heavy atom. The zero-order valence-electron chi connectivity index (χ0n) is 17.4.